The third kappa shape index (κ3) is 7.24. The molecular weight excluding hydrogens is 402 g/mol. The third-order valence-corrected chi connectivity index (χ3v) is 6.34. The standard InChI is InChI=1S/C19H30ClN3O4S/c1-16-17(20)6-3-7-18(16)23(28(2,25)26)11-4-8-19(24)21-9-5-10-22-12-14-27-15-13-22/h3,6-7H,4-5,8-15H2,1-2H3,(H,21,24). The lowest BCUT2D eigenvalue weighted by Gasteiger charge is -2.26. The first-order valence-electron chi connectivity index (χ1n) is 9.58. The van der Waals surface area contributed by atoms with Gasteiger partial charge in [0.15, 0.2) is 0 Å². The second-order valence-corrected chi connectivity index (χ2v) is 9.29. The van der Waals surface area contributed by atoms with Gasteiger partial charge in [0, 0.05) is 37.6 Å². The van der Waals surface area contributed by atoms with Crippen molar-refractivity contribution in [2.45, 2.75) is 26.2 Å². The minimum absolute atomic E-state index is 0.0572. The van der Waals surface area contributed by atoms with Crippen molar-refractivity contribution in [3.8, 4) is 0 Å². The fraction of sp³-hybridized carbons (Fsp3) is 0.632. The molecule has 0 bridgehead atoms. The molecule has 1 fully saturated rings. The molecule has 28 heavy (non-hydrogen) atoms. The van der Waals surface area contributed by atoms with Gasteiger partial charge in [-0.15, -0.1) is 0 Å². The lowest BCUT2D eigenvalue weighted by Crippen LogP contribution is -2.38. The number of carbonyl (C=O) groups excluding carboxylic acids is 1. The van der Waals surface area contributed by atoms with E-state index < -0.39 is 10.0 Å². The molecule has 1 aromatic rings. The number of hydrogen-bond donors (Lipinski definition) is 1. The zero-order chi connectivity index (χ0) is 20.6. The number of benzene rings is 1. The Morgan fingerprint density at radius 3 is 2.68 bits per heavy atom. The second-order valence-electron chi connectivity index (χ2n) is 6.98. The highest BCUT2D eigenvalue weighted by molar-refractivity contribution is 7.92. The normalized spacial score (nSPS) is 15.4. The highest BCUT2D eigenvalue weighted by Crippen LogP contribution is 2.28. The van der Waals surface area contributed by atoms with E-state index in [-0.39, 0.29) is 18.9 Å². The first-order valence-corrected chi connectivity index (χ1v) is 11.8. The largest absolute Gasteiger partial charge is 0.379 e. The van der Waals surface area contributed by atoms with Crippen LogP contribution in [0.4, 0.5) is 5.69 Å². The molecule has 1 saturated heterocycles. The fourth-order valence-electron chi connectivity index (χ4n) is 3.16. The molecule has 0 aliphatic carbocycles. The Kier molecular flexibility index (Phi) is 9.01. The first kappa shape index (κ1) is 22.9. The Bertz CT molecular complexity index is 752. The van der Waals surface area contributed by atoms with Gasteiger partial charge < -0.3 is 10.1 Å². The van der Waals surface area contributed by atoms with Crippen LogP contribution in [0.15, 0.2) is 18.2 Å². The van der Waals surface area contributed by atoms with Crippen LogP contribution in [0.5, 0.6) is 0 Å². The molecule has 1 amide bonds. The summed E-state index contributed by atoms with van der Waals surface area (Å²) < 4.78 is 31.0. The lowest BCUT2D eigenvalue weighted by molar-refractivity contribution is -0.121. The number of nitrogens with one attached hydrogen (secondary N) is 1. The van der Waals surface area contributed by atoms with Crippen LogP contribution >= 0.6 is 11.6 Å². The van der Waals surface area contributed by atoms with E-state index in [1.165, 1.54) is 10.6 Å². The summed E-state index contributed by atoms with van der Waals surface area (Å²) in [5, 5.41) is 3.43. The summed E-state index contributed by atoms with van der Waals surface area (Å²) in [4.78, 5) is 14.4. The van der Waals surface area contributed by atoms with Crippen LogP contribution in [0.3, 0.4) is 0 Å². The number of anilines is 1. The van der Waals surface area contributed by atoms with Crippen molar-refractivity contribution in [3.63, 3.8) is 0 Å². The molecule has 1 aliphatic heterocycles. The van der Waals surface area contributed by atoms with Crippen molar-refractivity contribution in [2.75, 3.05) is 56.5 Å². The van der Waals surface area contributed by atoms with Crippen LogP contribution in [0.25, 0.3) is 0 Å². The van der Waals surface area contributed by atoms with Gasteiger partial charge in [-0.05, 0) is 44.0 Å². The number of halogens is 1. The molecule has 0 saturated carbocycles. The van der Waals surface area contributed by atoms with Crippen molar-refractivity contribution >= 4 is 33.2 Å². The van der Waals surface area contributed by atoms with Crippen molar-refractivity contribution in [1.29, 1.82) is 0 Å². The van der Waals surface area contributed by atoms with Crippen molar-refractivity contribution in [3.05, 3.63) is 28.8 Å². The number of amides is 1. The van der Waals surface area contributed by atoms with Crippen LogP contribution in [-0.4, -0.2) is 71.4 Å². The average Bonchev–Trinajstić information content (AvgIpc) is 2.65. The van der Waals surface area contributed by atoms with Gasteiger partial charge in [-0.25, -0.2) is 8.42 Å². The minimum Gasteiger partial charge on any atom is -0.379 e. The SMILES string of the molecule is Cc1c(Cl)cccc1N(CCCC(=O)NCCCN1CCOCC1)S(C)(=O)=O. The quantitative estimate of drug-likeness (QED) is 0.573. The summed E-state index contributed by atoms with van der Waals surface area (Å²) in [6.07, 6.45) is 2.78. The van der Waals surface area contributed by atoms with Gasteiger partial charge >= 0.3 is 0 Å². The van der Waals surface area contributed by atoms with E-state index in [2.05, 4.69) is 10.2 Å². The summed E-state index contributed by atoms with van der Waals surface area (Å²) >= 11 is 6.12. The van der Waals surface area contributed by atoms with Gasteiger partial charge in [0.1, 0.15) is 0 Å². The zero-order valence-corrected chi connectivity index (χ0v) is 18.2. The Labute approximate surface area is 173 Å². The van der Waals surface area contributed by atoms with Crippen LogP contribution in [0.1, 0.15) is 24.8 Å². The molecule has 1 aliphatic rings. The molecule has 1 N–H and O–H groups in total. The molecule has 158 valence electrons. The molecule has 0 spiro atoms. The van der Waals surface area contributed by atoms with E-state index >= 15 is 0 Å². The smallest absolute Gasteiger partial charge is 0.232 e. The van der Waals surface area contributed by atoms with Crippen LogP contribution in [0, 0.1) is 6.92 Å². The third-order valence-electron chi connectivity index (χ3n) is 4.75. The summed E-state index contributed by atoms with van der Waals surface area (Å²) in [7, 11) is -3.46. The fourth-order valence-corrected chi connectivity index (χ4v) is 4.34. The Hall–Kier alpha value is -1.35. The van der Waals surface area contributed by atoms with Gasteiger partial charge in [0.25, 0.3) is 0 Å². The molecule has 9 heteroatoms. The maximum atomic E-state index is 12.2. The summed E-state index contributed by atoms with van der Waals surface area (Å²) in [5.41, 5.74) is 1.27. The van der Waals surface area contributed by atoms with E-state index in [0.29, 0.717) is 29.2 Å². The highest BCUT2D eigenvalue weighted by Gasteiger charge is 2.20. The van der Waals surface area contributed by atoms with Gasteiger partial charge in [-0.1, -0.05) is 17.7 Å². The number of ether oxygens (including phenoxy) is 1. The molecule has 0 aromatic heterocycles. The maximum absolute atomic E-state index is 12.2. The predicted octanol–water partition coefficient (Wildman–Crippen LogP) is 2.03. The minimum atomic E-state index is -3.46. The van der Waals surface area contributed by atoms with Crippen molar-refractivity contribution in [2.24, 2.45) is 0 Å². The monoisotopic (exact) mass is 431 g/mol. The van der Waals surface area contributed by atoms with Crippen LogP contribution in [0.2, 0.25) is 5.02 Å². The zero-order valence-electron chi connectivity index (χ0n) is 16.6. The molecule has 1 aromatic carbocycles. The van der Waals surface area contributed by atoms with E-state index in [9.17, 15) is 13.2 Å². The Morgan fingerprint density at radius 2 is 2.00 bits per heavy atom. The van der Waals surface area contributed by atoms with Crippen LogP contribution in [-0.2, 0) is 19.6 Å². The molecule has 0 unspecified atom stereocenters. The number of sulfonamides is 1. The van der Waals surface area contributed by atoms with E-state index in [1.54, 1.807) is 25.1 Å². The first-order chi connectivity index (χ1) is 13.3. The summed E-state index contributed by atoms with van der Waals surface area (Å²) in [5.74, 6) is -0.0572. The molecule has 0 atom stereocenters. The Balaban J connectivity index is 1.75. The topological polar surface area (TPSA) is 79.0 Å². The average molecular weight is 432 g/mol. The van der Waals surface area contributed by atoms with Crippen molar-refractivity contribution < 1.29 is 17.9 Å². The Morgan fingerprint density at radius 1 is 1.29 bits per heavy atom. The molecule has 0 radical (unpaired) electrons. The maximum Gasteiger partial charge on any atom is 0.232 e. The van der Waals surface area contributed by atoms with E-state index in [1.807, 2.05) is 0 Å². The lowest BCUT2D eigenvalue weighted by atomic mass is 10.2. The van der Waals surface area contributed by atoms with Gasteiger partial charge in [-0.3, -0.25) is 14.0 Å². The molecule has 1 heterocycles. The van der Waals surface area contributed by atoms with Crippen molar-refractivity contribution in [1.82, 2.24) is 10.2 Å². The summed E-state index contributed by atoms with van der Waals surface area (Å²) in [6.45, 7) is 7.03. The van der Waals surface area contributed by atoms with E-state index in [0.717, 1.165) is 39.3 Å². The number of nitrogens with zero attached hydrogens (tertiary/aromatic N) is 2. The predicted molar refractivity (Wildman–Crippen MR) is 112 cm³/mol. The molecule has 7 nitrogen and oxygen atoms in total. The number of carbonyl (C=O) groups is 1. The number of morpholine rings is 1. The highest BCUT2D eigenvalue weighted by atomic mass is 35.5. The number of hydrogen-bond acceptors (Lipinski definition) is 5. The van der Waals surface area contributed by atoms with Gasteiger partial charge in [0.2, 0.25) is 15.9 Å². The molecule has 2 rings (SSSR count). The summed E-state index contributed by atoms with van der Waals surface area (Å²) in [6, 6.07) is 5.18. The number of rotatable bonds is 10. The van der Waals surface area contributed by atoms with Gasteiger partial charge in [0.05, 0.1) is 25.2 Å². The second kappa shape index (κ2) is 11.0. The van der Waals surface area contributed by atoms with E-state index in [4.69, 9.17) is 16.3 Å². The van der Waals surface area contributed by atoms with Crippen LogP contribution < -0.4 is 9.62 Å². The van der Waals surface area contributed by atoms with Gasteiger partial charge in [-0.2, -0.15) is 0 Å². The molecular formula is C19H30ClN3O4S.